The Hall–Kier alpha value is -8.21. The average molecular weight is 820 g/mol. The molecule has 12 rings (SSSR count). The van der Waals surface area contributed by atoms with Gasteiger partial charge < -0.3 is 4.74 Å². The van der Waals surface area contributed by atoms with Crippen LogP contribution in [-0.2, 0) is 5.41 Å². The normalized spacial score (nSPS) is 12.8. The Morgan fingerprint density at radius 2 is 0.938 bits per heavy atom. The minimum Gasteiger partial charge on any atom is -0.457 e. The molecule has 1 aliphatic carbocycles. The predicted octanol–water partition coefficient (Wildman–Crippen LogP) is 15.0. The van der Waals surface area contributed by atoms with Crippen molar-refractivity contribution in [3.8, 4) is 89.8 Å². The number of ether oxygens (including phenoxy) is 1. The van der Waals surface area contributed by atoms with E-state index < -0.39 is 5.41 Å². The van der Waals surface area contributed by atoms with E-state index in [1.54, 1.807) is 0 Å². The Bertz CT molecular complexity index is 3420. The zero-order chi connectivity index (χ0) is 42.8. The van der Waals surface area contributed by atoms with Crippen molar-refractivity contribution in [3.05, 3.63) is 246 Å². The van der Waals surface area contributed by atoms with Gasteiger partial charge in [-0.15, -0.1) is 0 Å². The van der Waals surface area contributed by atoms with Crippen molar-refractivity contribution in [1.82, 2.24) is 15.0 Å². The molecule has 0 bridgehead atoms. The van der Waals surface area contributed by atoms with Crippen molar-refractivity contribution in [1.29, 1.82) is 0 Å². The van der Waals surface area contributed by atoms with Gasteiger partial charge in [0.25, 0.3) is 0 Å². The number of fused-ring (bicyclic) bond motifs is 9. The number of nitrogens with zero attached hydrogens (tertiary/aromatic N) is 3. The second kappa shape index (κ2) is 15.0. The SMILES string of the molecule is Cc1cc(-c2ccccc2-c2ccccc2-c2ccc3c(c2)-c2c(-c4nc(C)cc(-c5cccc(-c6ccccc6)c5)n4)cccc2C32c3ccccc3Oc3ccccc32)ccn1. The molecular formula is C60H41N3O. The topological polar surface area (TPSA) is 47.9 Å². The van der Waals surface area contributed by atoms with Gasteiger partial charge in [-0.3, -0.25) is 4.98 Å². The highest BCUT2D eigenvalue weighted by atomic mass is 16.5. The molecule has 2 aromatic heterocycles. The van der Waals surface area contributed by atoms with Gasteiger partial charge >= 0.3 is 0 Å². The molecule has 10 aromatic rings. The molecule has 0 amide bonds. The third-order valence-electron chi connectivity index (χ3n) is 13.0. The molecule has 0 N–H and O–H groups in total. The first-order chi connectivity index (χ1) is 31.5. The van der Waals surface area contributed by atoms with E-state index in [4.69, 9.17) is 14.7 Å². The molecule has 0 radical (unpaired) electrons. The van der Waals surface area contributed by atoms with Crippen molar-refractivity contribution in [3.63, 3.8) is 0 Å². The third-order valence-corrected chi connectivity index (χ3v) is 13.0. The van der Waals surface area contributed by atoms with Gasteiger partial charge in [-0.2, -0.15) is 0 Å². The fourth-order valence-electron chi connectivity index (χ4n) is 10.3. The molecule has 1 aliphatic heterocycles. The summed E-state index contributed by atoms with van der Waals surface area (Å²) >= 11 is 0. The standard InChI is InChI=1S/C60H41N3O/c1-38-34-43(32-33-61-38)46-21-7-9-23-48(46)47-22-8-6-20-45(47)42-30-31-51-50(37-42)58-49(59-62-39(2)35-55(63-59)44-19-14-18-41(36-44)40-16-4-3-5-17-40)24-15-27-54(58)60(51)52-25-10-12-28-56(52)64-57-29-13-11-26-53(57)60/h3-37H,1-2H3. The minimum atomic E-state index is -0.660. The van der Waals surface area contributed by atoms with Crippen LogP contribution in [0.5, 0.6) is 11.5 Å². The molecule has 0 saturated heterocycles. The number of pyridine rings is 1. The summed E-state index contributed by atoms with van der Waals surface area (Å²) in [5.41, 5.74) is 20.3. The van der Waals surface area contributed by atoms with E-state index >= 15 is 0 Å². The summed E-state index contributed by atoms with van der Waals surface area (Å²) < 4.78 is 6.72. The first-order valence-corrected chi connectivity index (χ1v) is 21.8. The number of para-hydroxylation sites is 2. The van der Waals surface area contributed by atoms with Crippen LogP contribution in [-0.4, -0.2) is 15.0 Å². The number of hydrogen-bond acceptors (Lipinski definition) is 4. The van der Waals surface area contributed by atoms with Gasteiger partial charge in [-0.05, 0) is 123 Å². The maximum atomic E-state index is 6.72. The van der Waals surface area contributed by atoms with Crippen LogP contribution in [0.4, 0.5) is 0 Å². The van der Waals surface area contributed by atoms with Crippen molar-refractivity contribution < 1.29 is 4.74 Å². The van der Waals surface area contributed by atoms with E-state index in [9.17, 15) is 0 Å². The highest BCUT2D eigenvalue weighted by Crippen LogP contribution is 2.63. The van der Waals surface area contributed by atoms with Crippen LogP contribution < -0.4 is 4.74 Å². The third kappa shape index (κ3) is 5.95. The summed E-state index contributed by atoms with van der Waals surface area (Å²) in [5, 5.41) is 0. The van der Waals surface area contributed by atoms with Crippen molar-refractivity contribution in [2.24, 2.45) is 0 Å². The van der Waals surface area contributed by atoms with E-state index in [0.29, 0.717) is 5.82 Å². The fourth-order valence-corrected chi connectivity index (χ4v) is 10.3. The molecule has 0 saturated carbocycles. The van der Waals surface area contributed by atoms with E-state index in [1.165, 1.54) is 33.4 Å². The number of hydrogen-bond donors (Lipinski definition) is 0. The molecule has 302 valence electrons. The quantitative estimate of drug-likeness (QED) is 0.168. The molecule has 2 aliphatic rings. The van der Waals surface area contributed by atoms with E-state index in [1.807, 2.05) is 13.1 Å². The van der Waals surface area contributed by atoms with Gasteiger partial charge in [-0.25, -0.2) is 9.97 Å². The van der Waals surface area contributed by atoms with Gasteiger partial charge in [-0.1, -0.05) is 164 Å². The first-order valence-electron chi connectivity index (χ1n) is 21.8. The number of aromatic nitrogens is 3. The highest BCUT2D eigenvalue weighted by Gasteiger charge is 2.52. The van der Waals surface area contributed by atoms with Crippen LogP contribution in [0.2, 0.25) is 0 Å². The Balaban J connectivity index is 1.10. The molecule has 0 fully saturated rings. The van der Waals surface area contributed by atoms with Gasteiger partial charge in [0.1, 0.15) is 11.5 Å². The van der Waals surface area contributed by atoms with Crippen LogP contribution in [0.15, 0.2) is 212 Å². The molecule has 4 nitrogen and oxygen atoms in total. The molecule has 0 atom stereocenters. The summed E-state index contributed by atoms with van der Waals surface area (Å²) in [6.45, 7) is 4.12. The summed E-state index contributed by atoms with van der Waals surface area (Å²) in [7, 11) is 0. The molecule has 4 heteroatoms. The summed E-state index contributed by atoms with van der Waals surface area (Å²) in [4.78, 5) is 15.1. The summed E-state index contributed by atoms with van der Waals surface area (Å²) in [6, 6.07) is 73.8. The molecular weight excluding hydrogens is 779 g/mol. The maximum absolute atomic E-state index is 6.72. The van der Waals surface area contributed by atoms with Crippen LogP contribution in [0.3, 0.4) is 0 Å². The largest absolute Gasteiger partial charge is 0.457 e. The summed E-state index contributed by atoms with van der Waals surface area (Å²) in [6.07, 6.45) is 1.90. The van der Waals surface area contributed by atoms with Crippen LogP contribution >= 0.6 is 0 Å². The monoisotopic (exact) mass is 819 g/mol. The molecule has 0 unspecified atom stereocenters. The lowest BCUT2D eigenvalue weighted by Crippen LogP contribution is -2.32. The van der Waals surface area contributed by atoms with Crippen LogP contribution in [0, 0.1) is 13.8 Å². The summed E-state index contributed by atoms with van der Waals surface area (Å²) in [5.74, 6) is 2.41. The lowest BCUT2D eigenvalue weighted by molar-refractivity contribution is 0.436. The minimum absolute atomic E-state index is 0.660. The molecule has 8 aromatic carbocycles. The zero-order valence-corrected chi connectivity index (χ0v) is 35.5. The zero-order valence-electron chi connectivity index (χ0n) is 35.5. The number of aryl methyl sites for hydroxylation is 2. The second-order valence-electron chi connectivity index (χ2n) is 16.8. The van der Waals surface area contributed by atoms with Gasteiger partial charge in [0.05, 0.1) is 11.1 Å². The molecule has 64 heavy (non-hydrogen) atoms. The van der Waals surface area contributed by atoms with Crippen molar-refractivity contribution >= 4 is 0 Å². The van der Waals surface area contributed by atoms with E-state index in [-0.39, 0.29) is 0 Å². The smallest absolute Gasteiger partial charge is 0.160 e. The second-order valence-corrected chi connectivity index (χ2v) is 16.8. The van der Waals surface area contributed by atoms with Crippen LogP contribution in [0.1, 0.15) is 33.6 Å². The Labute approximate surface area is 373 Å². The molecule has 1 spiro atoms. The fraction of sp³-hybridized carbons (Fsp3) is 0.0500. The van der Waals surface area contributed by atoms with Crippen molar-refractivity contribution in [2.45, 2.75) is 19.3 Å². The maximum Gasteiger partial charge on any atom is 0.160 e. The van der Waals surface area contributed by atoms with E-state index in [0.717, 1.165) is 84.2 Å². The number of rotatable bonds is 6. The first kappa shape index (κ1) is 37.5. The van der Waals surface area contributed by atoms with Gasteiger partial charge in [0, 0.05) is 39.8 Å². The van der Waals surface area contributed by atoms with E-state index in [2.05, 4.69) is 218 Å². The number of benzene rings is 8. The highest BCUT2D eigenvalue weighted by molar-refractivity contribution is 5.99. The Kier molecular flexibility index (Phi) is 8.80. The predicted molar refractivity (Wildman–Crippen MR) is 259 cm³/mol. The lowest BCUT2D eigenvalue weighted by atomic mass is 9.66. The Morgan fingerprint density at radius 1 is 0.359 bits per heavy atom. The molecule has 3 heterocycles. The van der Waals surface area contributed by atoms with Crippen LogP contribution in [0.25, 0.3) is 78.3 Å². The van der Waals surface area contributed by atoms with Gasteiger partial charge in [0.2, 0.25) is 0 Å². The van der Waals surface area contributed by atoms with Crippen molar-refractivity contribution in [2.75, 3.05) is 0 Å². The average Bonchev–Trinajstić information content (AvgIpc) is 3.64. The van der Waals surface area contributed by atoms with Gasteiger partial charge in [0.15, 0.2) is 5.82 Å². The Morgan fingerprint density at radius 3 is 1.66 bits per heavy atom. The lowest BCUT2D eigenvalue weighted by Gasteiger charge is -2.39.